The second-order valence-electron chi connectivity index (χ2n) is 10.0. The second kappa shape index (κ2) is 11.9. The summed E-state index contributed by atoms with van der Waals surface area (Å²) in [6.45, 7) is 4.08. The fraction of sp³-hybridized carbons (Fsp3) is 0.200. The van der Waals surface area contributed by atoms with Crippen LogP contribution in [0.1, 0.15) is 24.0 Å². The predicted octanol–water partition coefficient (Wildman–Crippen LogP) is 8.32. The third kappa shape index (κ3) is 7.68. The molecule has 6 aromatic rings. The van der Waals surface area contributed by atoms with Crippen LogP contribution in [0.15, 0.2) is 79.5 Å². The maximum Gasteiger partial charge on any atom is 0.573 e. The van der Waals surface area contributed by atoms with E-state index in [1.807, 2.05) is 19.3 Å². The molecule has 0 bridgehead atoms. The molecule has 16 heteroatoms. The lowest BCUT2D eigenvalue weighted by Crippen LogP contribution is -2.16. The molecular weight excluding hydrogens is 628 g/mol. The van der Waals surface area contributed by atoms with Crippen LogP contribution in [-0.4, -0.2) is 41.5 Å². The van der Waals surface area contributed by atoms with Crippen molar-refractivity contribution in [1.29, 1.82) is 0 Å². The van der Waals surface area contributed by atoms with Crippen LogP contribution < -0.4 is 9.47 Å². The van der Waals surface area contributed by atoms with Gasteiger partial charge in [-0.2, -0.15) is 8.78 Å². The van der Waals surface area contributed by atoms with E-state index in [9.17, 15) is 35.1 Å². The molecular formula is C30H22F8N6O2. The highest BCUT2D eigenvalue weighted by atomic mass is 19.4. The minimum Gasteiger partial charge on any atom is -0.406 e. The number of alkyl halides is 8. The van der Waals surface area contributed by atoms with Crippen molar-refractivity contribution in [3.63, 3.8) is 0 Å². The molecule has 0 atom stereocenters. The third-order valence-electron chi connectivity index (χ3n) is 6.34. The van der Waals surface area contributed by atoms with Gasteiger partial charge < -0.3 is 9.47 Å². The molecule has 0 radical (unpaired) electrons. The number of rotatable bonds is 5. The summed E-state index contributed by atoms with van der Waals surface area (Å²) >= 11 is 0. The fourth-order valence-corrected chi connectivity index (χ4v) is 4.57. The summed E-state index contributed by atoms with van der Waals surface area (Å²) in [5, 5.41) is 0. The number of aryl methyl sites for hydroxylation is 2. The zero-order chi connectivity index (χ0) is 33.4. The molecule has 0 saturated heterocycles. The summed E-state index contributed by atoms with van der Waals surface area (Å²) in [6, 6.07) is 10.7. The Morgan fingerprint density at radius 3 is 1.54 bits per heavy atom. The number of halogens is 8. The van der Waals surface area contributed by atoms with Crippen LogP contribution in [-0.2, 0) is 5.92 Å². The molecule has 6 rings (SSSR count). The Bertz CT molecular complexity index is 1980. The Morgan fingerprint density at radius 2 is 1.07 bits per heavy atom. The van der Waals surface area contributed by atoms with Crippen LogP contribution in [0.3, 0.4) is 0 Å². The molecule has 4 aromatic heterocycles. The summed E-state index contributed by atoms with van der Waals surface area (Å²) in [4.78, 5) is 16.4. The molecule has 0 spiro atoms. The van der Waals surface area contributed by atoms with E-state index in [4.69, 9.17) is 0 Å². The average molecular weight is 651 g/mol. The van der Waals surface area contributed by atoms with Gasteiger partial charge in [-0.15, -0.1) is 26.3 Å². The van der Waals surface area contributed by atoms with Gasteiger partial charge in [0.2, 0.25) is 11.6 Å². The van der Waals surface area contributed by atoms with E-state index in [2.05, 4.69) is 29.4 Å². The lowest BCUT2D eigenvalue weighted by molar-refractivity contribution is -0.275. The number of imidazole rings is 2. The van der Waals surface area contributed by atoms with Gasteiger partial charge in [-0.25, -0.2) is 19.9 Å². The molecule has 0 unspecified atom stereocenters. The Balaban J connectivity index is 0.000000184. The topological polar surface area (TPSA) is 78.8 Å². The Kier molecular flexibility index (Phi) is 8.31. The SMILES string of the molecule is Cc1cn2cc(-c3ccc(OC(F)(F)F)cc3)cnc2n1.Cc1nc2ncc(-c3ccc(OC(F)(F)F)cc3)cn2c1C(C)(F)F. The third-order valence-corrected chi connectivity index (χ3v) is 6.34. The van der Waals surface area contributed by atoms with E-state index >= 15 is 0 Å². The summed E-state index contributed by atoms with van der Waals surface area (Å²) in [5.41, 5.74) is 3.19. The molecule has 0 aliphatic carbocycles. The lowest BCUT2D eigenvalue weighted by atomic mass is 10.1. The van der Waals surface area contributed by atoms with Gasteiger partial charge in [-0.05, 0) is 49.2 Å². The lowest BCUT2D eigenvalue weighted by Gasteiger charge is -2.12. The molecule has 0 N–H and O–H groups in total. The van der Waals surface area contributed by atoms with Crippen LogP contribution >= 0.6 is 0 Å². The van der Waals surface area contributed by atoms with Gasteiger partial charge in [0.15, 0.2) is 0 Å². The monoisotopic (exact) mass is 650 g/mol. The first-order valence-corrected chi connectivity index (χ1v) is 13.2. The highest BCUT2D eigenvalue weighted by molar-refractivity contribution is 5.64. The fourth-order valence-electron chi connectivity index (χ4n) is 4.57. The van der Waals surface area contributed by atoms with Crippen LogP contribution in [0.2, 0.25) is 0 Å². The molecule has 0 aliphatic rings. The van der Waals surface area contributed by atoms with Gasteiger partial charge in [-0.1, -0.05) is 24.3 Å². The van der Waals surface area contributed by atoms with Crippen molar-refractivity contribution in [2.75, 3.05) is 0 Å². The molecule has 240 valence electrons. The summed E-state index contributed by atoms with van der Waals surface area (Å²) in [7, 11) is 0. The number of hydrogen-bond acceptors (Lipinski definition) is 6. The number of fused-ring (bicyclic) bond motifs is 2. The minimum atomic E-state index is -4.78. The molecule has 4 heterocycles. The van der Waals surface area contributed by atoms with Crippen LogP contribution in [0.5, 0.6) is 11.5 Å². The van der Waals surface area contributed by atoms with E-state index in [0.717, 1.165) is 35.9 Å². The molecule has 8 nitrogen and oxygen atoms in total. The molecule has 46 heavy (non-hydrogen) atoms. The van der Waals surface area contributed by atoms with E-state index < -0.39 is 18.6 Å². The zero-order valence-corrected chi connectivity index (χ0v) is 24.0. The average Bonchev–Trinajstić information content (AvgIpc) is 3.49. The van der Waals surface area contributed by atoms with Crippen molar-refractivity contribution >= 4 is 11.6 Å². The van der Waals surface area contributed by atoms with E-state index in [-0.39, 0.29) is 28.7 Å². The Labute approximate surface area is 254 Å². The number of hydrogen-bond donors (Lipinski definition) is 0. The Hall–Kier alpha value is -5.28. The van der Waals surface area contributed by atoms with Crippen molar-refractivity contribution < 1.29 is 44.6 Å². The van der Waals surface area contributed by atoms with Crippen LogP contribution in [0.25, 0.3) is 33.8 Å². The number of nitrogens with zero attached hydrogens (tertiary/aromatic N) is 6. The molecule has 2 aromatic carbocycles. The quantitative estimate of drug-likeness (QED) is 0.175. The van der Waals surface area contributed by atoms with Crippen molar-refractivity contribution in [2.24, 2.45) is 0 Å². The number of ether oxygens (including phenoxy) is 2. The van der Waals surface area contributed by atoms with E-state index in [1.165, 1.54) is 48.0 Å². The summed E-state index contributed by atoms with van der Waals surface area (Å²) in [6.07, 6.45) is -1.35. The minimum absolute atomic E-state index is 0.120. The first-order chi connectivity index (χ1) is 21.4. The predicted molar refractivity (Wildman–Crippen MR) is 149 cm³/mol. The van der Waals surface area contributed by atoms with Gasteiger partial charge in [0, 0.05) is 49.0 Å². The first kappa shape index (κ1) is 32.1. The smallest absolute Gasteiger partial charge is 0.406 e. The highest BCUT2D eigenvalue weighted by Crippen LogP contribution is 2.32. The van der Waals surface area contributed by atoms with Gasteiger partial charge in [0.25, 0.3) is 5.92 Å². The van der Waals surface area contributed by atoms with Crippen molar-refractivity contribution in [3.8, 4) is 33.8 Å². The Morgan fingerprint density at radius 1 is 0.587 bits per heavy atom. The first-order valence-electron chi connectivity index (χ1n) is 13.2. The van der Waals surface area contributed by atoms with Crippen LogP contribution in [0, 0.1) is 13.8 Å². The van der Waals surface area contributed by atoms with Crippen molar-refractivity contribution in [3.05, 3.63) is 96.6 Å². The number of benzene rings is 2. The number of aromatic nitrogens is 6. The van der Waals surface area contributed by atoms with Gasteiger partial charge in [0.05, 0.1) is 11.4 Å². The summed E-state index contributed by atoms with van der Waals surface area (Å²) < 4.78 is 111. The van der Waals surface area contributed by atoms with E-state index in [0.29, 0.717) is 16.9 Å². The van der Waals surface area contributed by atoms with Gasteiger partial charge in [-0.3, -0.25) is 8.80 Å². The summed E-state index contributed by atoms with van der Waals surface area (Å²) in [5.74, 6) is -3.04. The zero-order valence-electron chi connectivity index (χ0n) is 24.0. The standard InChI is InChI=1S/C16H12F5N3O.C14H10F3N3O/c1-9-13(15(2,17)18)24-8-11(7-22-14(24)23-9)10-3-5-12(6-4-10)25-16(19,20)21;1-9-7-20-8-11(6-18-13(20)19-9)10-2-4-12(5-3-10)21-14(15,16)17/h3-8H,1-2H3;2-8H,1H3. The van der Waals surface area contributed by atoms with Crippen molar-refractivity contribution in [1.82, 2.24) is 28.7 Å². The normalized spacial score (nSPS) is 12.2. The van der Waals surface area contributed by atoms with E-state index in [1.54, 1.807) is 22.7 Å². The van der Waals surface area contributed by atoms with Gasteiger partial charge in [0.1, 0.15) is 17.2 Å². The molecule has 0 aliphatic heterocycles. The van der Waals surface area contributed by atoms with Crippen LogP contribution in [0.4, 0.5) is 35.1 Å². The van der Waals surface area contributed by atoms with Gasteiger partial charge >= 0.3 is 12.7 Å². The second-order valence-corrected chi connectivity index (χ2v) is 10.0. The maximum atomic E-state index is 13.8. The highest BCUT2D eigenvalue weighted by Gasteiger charge is 2.33. The maximum absolute atomic E-state index is 13.8. The molecule has 0 saturated carbocycles. The molecule has 0 fully saturated rings. The molecule has 0 amide bonds. The van der Waals surface area contributed by atoms with Crippen molar-refractivity contribution in [2.45, 2.75) is 39.4 Å². The largest absolute Gasteiger partial charge is 0.573 e.